The second-order valence-corrected chi connectivity index (χ2v) is 7.75. The van der Waals surface area contributed by atoms with Gasteiger partial charge in [0.15, 0.2) is 11.5 Å². The minimum atomic E-state index is -0.474. The Bertz CT molecular complexity index is 879. The molecule has 1 saturated heterocycles. The summed E-state index contributed by atoms with van der Waals surface area (Å²) in [5.74, 6) is 1.49. The Morgan fingerprint density at radius 2 is 1.97 bits per heavy atom. The van der Waals surface area contributed by atoms with Crippen LogP contribution in [-0.2, 0) is 22.6 Å². The highest BCUT2D eigenvalue weighted by Crippen LogP contribution is 2.36. The Hall–Kier alpha value is -2.69. The van der Waals surface area contributed by atoms with Gasteiger partial charge in [-0.2, -0.15) is 0 Å². The number of nitro groups is 1. The largest absolute Gasteiger partial charge is 0.504 e. The van der Waals surface area contributed by atoms with Crippen LogP contribution in [0, 0.1) is 10.1 Å². The van der Waals surface area contributed by atoms with Crippen molar-refractivity contribution in [3.8, 4) is 11.5 Å². The van der Waals surface area contributed by atoms with E-state index in [1.165, 1.54) is 19.2 Å². The summed E-state index contributed by atoms with van der Waals surface area (Å²) in [5.41, 5.74) is 0.412. The van der Waals surface area contributed by atoms with Crippen molar-refractivity contribution in [3.63, 3.8) is 0 Å². The van der Waals surface area contributed by atoms with Crippen LogP contribution >= 0.6 is 0 Å². The van der Waals surface area contributed by atoms with Crippen LogP contribution < -0.4 is 4.74 Å². The van der Waals surface area contributed by atoms with Crippen LogP contribution in [0.1, 0.15) is 37.1 Å². The molecule has 0 amide bonds. The van der Waals surface area contributed by atoms with E-state index in [0.717, 1.165) is 38.3 Å². The van der Waals surface area contributed by atoms with Crippen LogP contribution in [0.4, 0.5) is 5.69 Å². The van der Waals surface area contributed by atoms with Crippen LogP contribution in [0.2, 0.25) is 0 Å². The number of piperidine rings is 1. The van der Waals surface area contributed by atoms with E-state index >= 15 is 0 Å². The maximum atomic E-state index is 11.2. The molecule has 0 radical (unpaired) electrons. The quantitative estimate of drug-likeness (QED) is 0.300. The SMILES string of the molecule is CCOCCOCCn1ccnc1C1CCN(Cc2cc([N+](=O)[O-])cc(OC)c2O)CC1. The van der Waals surface area contributed by atoms with E-state index in [0.29, 0.717) is 44.5 Å². The summed E-state index contributed by atoms with van der Waals surface area (Å²) in [4.78, 5) is 17.5. The molecule has 10 heteroatoms. The molecule has 1 aliphatic heterocycles. The fraction of sp³-hybridized carbons (Fsp3) is 0.591. The van der Waals surface area contributed by atoms with Crippen molar-refractivity contribution in [2.75, 3.05) is 46.6 Å². The first-order valence-electron chi connectivity index (χ1n) is 11.0. The van der Waals surface area contributed by atoms with E-state index in [4.69, 9.17) is 14.2 Å². The number of aromatic hydroxyl groups is 1. The predicted octanol–water partition coefficient (Wildman–Crippen LogP) is 2.94. The van der Waals surface area contributed by atoms with Gasteiger partial charge in [-0.15, -0.1) is 0 Å². The maximum absolute atomic E-state index is 11.2. The van der Waals surface area contributed by atoms with Crippen LogP contribution in [0.5, 0.6) is 11.5 Å². The van der Waals surface area contributed by atoms with Crippen LogP contribution in [0.25, 0.3) is 0 Å². The summed E-state index contributed by atoms with van der Waals surface area (Å²) in [6, 6.07) is 2.66. The minimum absolute atomic E-state index is 0.0416. The molecule has 0 bridgehead atoms. The lowest BCUT2D eigenvalue weighted by Crippen LogP contribution is -2.33. The number of aromatic nitrogens is 2. The van der Waals surface area contributed by atoms with Gasteiger partial charge in [0.1, 0.15) is 5.82 Å². The Morgan fingerprint density at radius 1 is 1.22 bits per heavy atom. The molecule has 1 aromatic heterocycles. The number of imidazole rings is 1. The van der Waals surface area contributed by atoms with Gasteiger partial charge in [-0.25, -0.2) is 4.98 Å². The Balaban J connectivity index is 1.54. The number of non-ortho nitro benzene ring substituents is 1. The van der Waals surface area contributed by atoms with Gasteiger partial charge in [0.25, 0.3) is 5.69 Å². The molecule has 0 saturated carbocycles. The third-order valence-corrected chi connectivity index (χ3v) is 5.72. The molecular weight excluding hydrogens is 416 g/mol. The van der Waals surface area contributed by atoms with Gasteiger partial charge in [0, 0.05) is 49.6 Å². The Labute approximate surface area is 187 Å². The highest BCUT2D eigenvalue weighted by molar-refractivity contribution is 5.53. The van der Waals surface area contributed by atoms with Gasteiger partial charge >= 0.3 is 0 Å². The standard InChI is InChI=1S/C22H32N4O6/c1-3-31-12-13-32-11-10-25-9-6-23-22(25)17-4-7-24(8-5-17)16-18-14-19(26(28)29)15-20(30-2)21(18)27/h6,9,14-15,17,27H,3-5,7-8,10-13,16H2,1-2H3. The van der Waals surface area contributed by atoms with E-state index < -0.39 is 4.92 Å². The van der Waals surface area contributed by atoms with Gasteiger partial charge in [-0.3, -0.25) is 15.0 Å². The Kier molecular flexibility index (Phi) is 8.83. The Morgan fingerprint density at radius 3 is 2.66 bits per heavy atom. The third-order valence-electron chi connectivity index (χ3n) is 5.72. The van der Waals surface area contributed by atoms with E-state index in [2.05, 4.69) is 14.5 Å². The van der Waals surface area contributed by atoms with Gasteiger partial charge in [0.05, 0.1) is 37.9 Å². The summed E-state index contributed by atoms with van der Waals surface area (Å²) in [7, 11) is 1.39. The molecule has 2 heterocycles. The zero-order chi connectivity index (χ0) is 22.9. The number of hydrogen-bond acceptors (Lipinski definition) is 8. The highest BCUT2D eigenvalue weighted by Gasteiger charge is 2.25. The third kappa shape index (κ3) is 6.18. The van der Waals surface area contributed by atoms with Crippen molar-refractivity contribution in [2.24, 2.45) is 0 Å². The number of hydrogen-bond donors (Lipinski definition) is 1. The first-order chi connectivity index (χ1) is 15.5. The lowest BCUT2D eigenvalue weighted by Gasteiger charge is -2.32. The lowest BCUT2D eigenvalue weighted by molar-refractivity contribution is -0.385. The fourth-order valence-corrected chi connectivity index (χ4v) is 4.02. The number of methoxy groups -OCH3 is 1. The first-order valence-corrected chi connectivity index (χ1v) is 11.0. The number of phenols is 1. The molecule has 10 nitrogen and oxygen atoms in total. The summed E-state index contributed by atoms with van der Waals surface area (Å²) >= 11 is 0. The van der Waals surface area contributed by atoms with Crippen LogP contribution in [0.3, 0.4) is 0 Å². The monoisotopic (exact) mass is 448 g/mol. The number of likely N-dealkylation sites (tertiary alicyclic amines) is 1. The number of phenolic OH excluding ortho intramolecular Hbond substituents is 1. The zero-order valence-corrected chi connectivity index (χ0v) is 18.7. The topological polar surface area (TPSA) is 112 Å². The normalized spacial score (nSPS) is 15.2. The van der Waals surface area contributed by atoms with Crippen molar-refractivity contribution >= 4 is 5.69 Å². The molecule has 3 rings (SSSR count). The second kappa shape index (κ2) is 11.8. The average molecular weight is 449 g/mol. The summed E-state index contributed by atoms with van der Waals surface area (Å²) in [6.07, 6.45) is 5.67. The predicted molar refractivity (Wildman–Crippen MR) is 118 cm³/mol. The van der Waals surface area contributed by atoms with Gasteiger partial charge in [-0.1, -0.05) is 0 Å². The highest BCUT2D eigenvalue weighted by atomic mass is 16.6. The molecule has 1 aromatic carbocycles. The van der Waals surface area contributed by atoms with E-state index in [1.54, 1.807) is 0 Å². The molecule has 0 spiro atoms. The average Bonchev–Trinajstić information content (AvgIpc) is 3.26. The van der Waals surface area contributed by atoms with E-state index in [-0.39, 0.29) is 17.2 Å². The molecule has 0 unspecified atom stereocenters. The molecule has 1 fully saturated rings. The maximum Gasteiger partial charge on any atom is 0.273 e. The molecule has 0 aliphatic carbocycles. The second-order valence-electron chi connectivity index (χ2n) is 7.75. The van der Waals surface area contributed by atoms with Gasteiger partial charge in [-0.05, 0) is 32.9 Å². The van der Waals surface area contributed by atoms with Crippen molar-refractivity contribution < 1.29 is 24.2 Å². The fourth-order valence-electron chi connectivity index (χ4n) is 4.02. The molecule has 0 atom stereocenters. The summed E-state index contributed by atoms with van der Waals surface area (Å²) in [6.45, 7) is 7.28. The van der Waals surface area contributed by atoms with E-state index in [9.17, 15) is 15.2 Å². The summed E-state index contributed by atoms with van der Waals surface area (Å²) in [5, 5.41) is 21.6. The number of nitro benzene ring substituents is 1. The van der Waals surface area contributed by atoms with Gasteiger partial charge in [0.2, 0.25) is 0 Å². The van der Waals surface area contributed by atoms with Crippen molar-refractivity contribution in [3.05, 3.63) is 46.0 Å². The summed E-state index contributed by atoms with van der Waals surface area (Å²) < 4.78 is 18.2. The zero-order valence-electron chi connectivity index (χ0n) is 18.7. The molecule has 1 aliphatic rings. The number of ether oxygens (including phenoxy) is 3. The molecule has 176 valence electrons. The first kappa shape index (κ1) is 24.0. The number of rotatable bonds is 12. The molecule has 1 N–H and O–H groups in total. The van der Waals surface area contributed by atoms with Crippen LogP contribution in [0.15, 0.2) is 24.5 Å². The molecular formula is C22H32N4O6. The van der Waals surface area contributed by atoms with E-state index in [1.807, 2.05) is 19.3 Å². The molecule has 2 aromatic rings. The number of nitrogens with zero attached hydrogens (tertiary/aromatic N) is 4. The van der Waals surface area contributed by atoms with Crippen LogP contribution in [-0.4, -0.2) is 71.1 Å². The molecule has 32 heavy (non-hydrogen) atoms. The minimum Gasteiger partial charge on any atom is -0.504 e. The smallest absolute Gasteiger partial charge is 0.273 e. The number of benzene rings is 1. The lowest BCUT2D eigenvalue weighted by atomic mass is 9.95. The van der Waals surface area contributed by atoms with Crippen molar-refractivity contribution in [2.45, 2.75) is 38.8 Å². The van der Waals surface area contributed by atoms with Gasteiger partial charge < -0.3 is 23.9 Å². The van der Waals surface area contributed by atoms with Crippen molar-refractivity contribution in [1.29, 1.82) is 0 Å². The van der Waals surface area contributed by atoms with Crippen molar-refractivity contribution in [1.82, 2.24) is 14.5 Å².